The zero-order valence-corrected chi connectivity index (χ0v) is 25.1. The van der Waals surface area contributed by atoms with Crippen molar-refractivity contribution in [3.05, 3.63) is 23.8 Å². The zero-order chi connectivity index (χ0) is 29.3. The lowest BCUT2D eigenvalue weighted by molar-refractivity contribution is -0.299. The number of aliphatic hydroxyl groups excluding tert-OH is 4. The molecule has 0 aromatic carbocycles. The summed E-state index contributed by atoms with van der Waals surface area (Å²) in [6.07, 6.45) is 7.10. The number of hydrogen-bond acceptors (Lipinski definition) is 8. The summed E-state index contributed by atoms with van der Waals surface area (Å²) < 4.78 is 17.7. The predicted octanol–water partition coefficient (Wildman–Crippen LogP) is 3.44. The lowest BCUT2D eigenvalue weighted by Gasteiger charge is -2.58. The van der Waals surface area contributed by atoms with Crippen LogP contribution >= 0.6 is 0 Å². The molecule has 232 valence electrons. The van der Waals surface area contributed by atoms with Gasteiger partial charge in [-0.15, -0.1) is 0 Å². The maximum absolute atomic E-state index is 11.8. The standard InChI is InChI=1S/C33H52O8/c1-18(17-39-30-29(37)28(36)27(35)25(16-34)40-30)10-14-33(38)19(2)26-24(41-33)15-23-21-9-8-20-7-5-6-12-31(20,3)22(21)11-13-32(23,26)4/h8,19,21-30,34-38H,1,5-7,9-17H2,2-4H3/t19-,21+,22-,23-,24-,25+,26-,27+,28+,29+,30+,31-,32-,33+/m0/s1. The topological polar surface area (TPSA) is 129 Å². The summed E-state index contributed by atoms with van der Waals surface area (Å²) in [7, 11) is 0. The largest absolute Gasteiger partial charge is 0.394 e. The molecular formula is C33H52O8. The molecule has 2 heterocycles. The molecular weight excluding hydrogens is 524 g/mol. The van der Waals surface area contributed by atoms with Gasteiger partial charge in [-0.3, -0.25) is 0 Å². The highest BCUT2D eigenvalue weighted by atomic mass is 16.7. The Balaban J connectivity index is 1.06. The van der Waals surface area contributed by atoms with E-state index in [1.54, 1.807) is 5.57 Å². The summed E-state index contributed by atoms with van der Waals surface area (Å²) in [6, 6.07) is 0. The van der Waals surface area contributed by atoms with Gasteiger partial charge in [0, 0.05) is 12.3 Å². The molecule has 0 amide bonds. The van der Waals surface area contributed by atoms with E-state index in [1.165, 1.54) is 44.9 Å². The molecule has 0 unspecified atom stereocenters. The summed E-state index contributed by atoms with van der Waals surface area (Å²) in [5.74, 6) is 1.26. The summed E-state index contributed by atoms with van der Waals surface area (Å²) in [4.78, 5) is 0. The molecule has 6 rings (SSSR count). The summed E-state index contributed by atoms with van der Waals surface area (Å²) in [5, 5.41) is 51.4. The van der Waals surface area contributed by atoms with Crippen LogP contribution in [-0.2, 0) is 14.2 Å². The summed E-state index contributed by atoms with van der Waals surface area (Å²) in [5.41, 5.74) is 3.00. The molecule has 6 aliphatic rings. The maximum Gasteiger partial charge on any atom is 0.187 e. The maximum atomic E-state index is 11.8. The van der Waals surface area contributed by atoms with Crippen LogP contribution in [0, 0.1) is 40.4 Å². The smallest absolute Gasteiger partial charge is 0.187 e. The molecule has 2 aliphatic heterocycles. The molecule has 0 aromatic heterocycles. The van der Waals surface area contributed by atoms with Crippen LogP contribution in [0.15, 0.2) is 23.8 Å². The number of rotatable bonds is 7. The Labute approximate surface area is 244 Å². The van der Waals surface area contributed by atoms with Crippen molar-refractivity contribution in [3.8, 4) is 0 Å². The molecule has 3 saturated carbocycles. The normalized spacial score (nSPS) is 52.7. The van der Waals surface area contributed by atoms with Crippen molar-refractivity contribution in [1.29, 1.82) is 0 Å². The van der Waals surface area contributed by atoms with Crippen molar-refractivity contribution in [2.45, 2.75) is 128 Å². The number of allylic oxidation sites excluding steroid dienone is 2. The van der Waals surface area contributed by atoms with E-state index in [-0.39, 0.29) is 24.0 Å². The quantitative estimate of drug-likeness (QED) is 0.292. The molecule has 4 aliphatic carbocycles. The van der Waals surface area contributed by atoms with Crippen LogP contribution in [0.1, 0.15) is 85.0 Å². The van der Waals surface area contributed by atoms with Gasteiger partial charge in [-0.05, 0) is 85.9 Å². The van der Waals surface area contributed by atoms with Crippen LogP contribution < -0.4 is 0 Å². The van der Waals surface area contributed by atoms with Crippen LogP contribution in [0.4, 0.5) is 0 Å². The molecule has 0 aromatic rings. The fourth-order valence-electron chi connectivity index (χ4n) is 10.5. The van der Waals surface area contributed by atoms with E-state index in [1.807, 2.05) is 0 Å². The predicted molar refractivity (Wildman–Crippen MR) is 152 cm³/mol. The van der Waals surface area contributed by atoms with Crippen LogP contribution in [0.25, 0.3) is 0 Å². The van der Waals surface area contributed by atoms with Gasteiger partial charge in [-0.2, -0.15) is 0 Å². The average molecular weight is 577 g/mol. The second kappa shape index (κ2) is 11.0. The molecule has 0 radical (unpaired) electrons. The molecule has 0 spiro atoms. The average Bonchev–Trinajstić information content (AvgIpc) is 3.39. The van der Waals surface area contributed by atoms with E-state index in [2.05, 4.69) is 33.4 Å². The third-order valence-electron chi connectivity index (χ3n) is 12.8. The van der Waals surface area contributed by atoms with Gasteiger partial charge in [0.2, 0.25) is 0 Å². The SMILES string of the molecule is C=C(CC[C@@]1(O)O[C@H]2C[C@H]3[C@@H]4CC=C5CCCC[C@]5(C)[C@H]4CC[C@]3(C)[C@H]2[C@@H]1C)CO[C@@H]1O[C@H](CO)[C@@H](O)[C@@H](O)[C@H]1O. The van der Waals surface area contributed by atoms with Crippen molar-refractivity contribution < 1.29 is 39.7 Å². The highest BCUT2D eigenvalue weighted by Crippen LogP contribution is 2.70. The van der Waals surface area contributed by atoms with Crippen LogP contribution in [-0.4, -0.2) is 81.3 Å². The molecule has 0 bridgehead atoms. The first-order valence-electron chi connectivity index (χ1n) is 16.1. The minimum absolute atomic E-state index is 0.0122. The van der Waals surface area contributed by atoms with E-state index in [0.717, 1.165) is 18.3 Å². The highest BCUT2D eigenvalue weighted by molar-refractivity contribution is 5.25. The van der Waals surface area contributed by atoms with E-state index in [9.17, 15) is 25.5 Å². The van der Waals surface area contributed by atoms with Crippen molar-refractivity contribution in [2.24, 2.45) is 40.4 Å². The third-order valence-corrected chi connectivity index (χ3v) is 12.8. The Hall–Kier alpha value is -0.840. The first-order valence-corrected chi connectivity index (χ1v) is 16.1. The van der Waals surface area contributed by atoms with Crippen molar-refractivity contribution >= 4 is 0 Å². The fraction of sp³-hybridized carbons (Fsp3) is 0.879. The van der Waals surface area contributed by atoms with Crippen LogP contribution in [0.3, 0.4) is 0 Å². The van der Waals surface area contributed by atoms with Gasteiger partial charge in [0.25, 0.3) is 0 Å². The number of ether oxygens (including phenoxy) is 3. The van der Waals surface area contributed by atoms with E-state index in [0.29, 0.717) is 35.7 Å². The Morgan fingerprint density at radius 1 is 1.10 bits per heavy atom. The molecule has 8 heteroatoms. The first kappa shape index (κ1) is 30.2. The van der Waals surface area contributed by atoms with Crippen molar-refractivity contribution in [2.75, 3.05) is 13.2 Å². The van der Waals surface area contributed by atoms with Gasteiger partial charge in [0.1, 0.15) is 24.4 Å². The minimum atomic E-state index is -1.48. The molecule has 5 N–H and O–H groups in total. The fourth-order valence-corrected chi connectivity index (χ4v) is 10.5. The molecule has 2 saturated heterocycles. The minimum Gasteiger partial charge on any atom is -0.394 e. The highest BCUT2D eigenvalue weighted by Gasteiger charge is 2.67. The van der Waals surface area contributed by atoms with Gasteiger partial charge in [0.05, 0.1) is 19.3 Å². The summed E-state index contributed by atoms with van der Waals surface area (Å²) >= 11 is 0. The molecule has 8 nitrogen and oxygen atoms in total. The van der Waals surface area contributed by atoms with E-state index < -0.39 is 43.1 Å². The van der Waals surface area contributed by atoms with Crippen molar-refractivity contribution in [3.63, 3.8) is 0 Å². The zero-order valence-electron chi connectivity index (χ0n) is 25.1. The van der Waals surface area contributed by atoms with Crippen molar-refractivity contribution in [1.82, 2.24) is 0 Å². The molecule has 5 fully saturated rings. The van der Waals surface area contributed by atoms with Gasteiger partial charge in [-0.1, -0.05) is 51.0 Å². The van der Waals surface area contributed by atoms with E-state index >= 15 is 0 Å². The molecule has 14 atom stereocenters. The number of aliphatic hydroxyl groups is 5. The van der Waals surface area contributed by atoms with Gasteiger partial charge >= 0.3 is 0 Å². The Kier molecular flexibility index (Phi) is 8.07. The van der Waals surface area contributed by atoms with Gasteiger partial charge in [0.15, 0.2) is 12.1 Å². The number of fused-ring (bicyclic) bond motifs is 7. The summed E-state index contributed by atoms with van der Waals surface area (Å²) in [6.45, 7) is 10.8. The Bertz CT molecular complexity index is 1030. The van der Waals surface area contributed by atoms with Crippen LogP contribution in [0.2, 0.25) is 0 Å². The molecule has 41 heavy (non-hydrogen) atoms. The van der Waals surface area contributed by atoms with Crippen LogP contribution in [0.5, 0.6) is 0 Å². The van der Waals surface area contributed by atoms with Gasteiger partial charge < -0.3 is 39.7 Å². The second-order valence-corrected chi connectivity index (χ2v) is 14.8. The lowest BCUT2D eigenvalue weighted by Crippen LogP contribution is -2.59. The lowest BCUT2D eigenvalue weighted by atomic mass is 9.47. The Morgan fingerprint density at radius 3 is 2.63 bits per heavy atom. The van der Waals surface area contributed by atoms with Gasteiger partial charge in [-0.25, -0.2) is 0 Å². The number of hydrogen-bond donors (Lipinski definition) is 5. The third kappa shape index (κ3) is 4.80. The first-order chi connectivity index (χ1) is 19.4. The van der Waals surface area contributed by atoms with E-state index in [4.69, 9.17) is 14.2 Å². The monoisotopic (exact) mass is 576 g/mol. The Morgan fingerprint density at radius 2 is 1.88 bits per heavy atom. The second-order valence-electron chi connectivity index (χ2n) is 14.8.